The van der Waals surface area contributed by atoms with Crippen molar-refractivity contribution in [1.82, 2.24) is 0 Å². The molecule has 0 saturated carbocycles. The Kier molecular flexibility index (Phi) is 17.3. The molecule has 1 nitrogen and oxygen atoms in total. The molecule has 0 spiro atoms. The SMILES string of the molecule is C=CC[N+](CC)(CC)CCCCCCCCCCCCCCCC. The molecule has 0 atom stereocenters. The van der Waals surface area contributed by atoms with Crippen LogP contribution in [0.5, 0.6) is 0 Å². The molecule has 0 aliphatic rings. The number of quaternary nitrogens is 1. The zero-order valence-electron chi connectivity index (χ0n) is 17.5. The van der Waals surface area contributed by atoms with E-state index in [1.54, 1.807) is 0 Å². The summed E-state index contributed by atoms with van der Waals surface area (Å²) < 4.78 is 1.24. The predicted octanol–water partition coefficient (Wildman–Crippen LogP) is 7.51. The van der Waals surface area contributed by atoms with E-state index in [0.29, 0.717) is 0 Å². The highest BCUT2D eigenvalue weighted by molar-refractivity contribution is 4.66. The maximum absolute atomic E-state index is 3.94. The summed E-state index contributed by atoms with van der Waals surface area (Å²) in [5.41, 5.74) is 0. The summed E-state index contributed by atoms with van der Waals surface area (Å²) in [4.78, 5) is 0. The molecule has 24 heavy (non-hydrogen) atoms. The van der Waals surface area contributed by atoms with E-state index in [1.165, 1.54) is 114 Å². The first kappa shape index (κ1) is 23.7. The lowest BCUT2D eigenvalue weighted by molar-refractivity contribution is -0.919. The van der Waals surface area contributed by atoms with Gasteiger partial charge in [-0.2, -0.15) is 0 Å². The van der Waals surface area contributed by atoms with E-state index < -0.39 is 0 Å². The van der Waals surface area contributed by atoms with Crippen molar-refractivity contribution < 1.29 is 4.48 Å². The lowest BCUT2D eigenvalue weighted by Crippen LogP contribution is -2.48. The predicted molar refractivity (Wildman–Crippen MR) is 112 cm³/mol. The van der Waals surface area contributed by atoms with Crippen LogP contribution in [-0.4, -0.2) is 30.7 Å². The number of nitrogens with zero attached hydrogens (tertiary/aromatic N) is 1. The Bertz CT molecular complexity index is 255. The molecule has 0 heterocycles. The second kappa shape index (κ2) is 17.5. The van der Waals surface area contributed by atoms with Gasteiger partial charge in [0.05, 0.1) is 26.2 Å². The van der Waals surface area contributed by atoms with E-state index >= 15 is 0 Å². The quantitative estimate of drug-likeness (QED) is 0.130. The van der Waals surface area contributed by atoms with Crippen LogP contribution >= 0.6 is 0 Å². The van der Waals surface area contributed by atoms with Crippen molar-refractivity contribution in [1.29, 1.82) is 0 Å². The fourth-order valence-electron chi connectivity index (χ4n) is 3.80. The van der Waals surface area contributed by atoms with Crippen LogP contribution in [0.25, 0.3) is 0 Å². The third kappa shape index (κ3) is 13.0. The van der Waals surface area contributed by atoms with Gasteiger partial charge < -0.3 is 4.48 Å². The highest BCUT2D eigenvalue weighted by Gasteiger charge is 2.20. The van der Waals surface area contributed by atoms with E-state index in [1.807, 2.05) is 0 Å². The third-order valence-corrected chi connectivity index (χ3v) is 5.84. The van der Waals surface area contributed by atoms with Crippen LogP contribution in [0.15, 0.2) is 12.7 Å². The molecule has 0 aromatic carbocycles. The molecule has 0 aromatic rings. The lowest BCUT2D eigenvalue weighted by atomic mass is 10.0. The summed E-state index contributed by atoms with van der Waals surface area (Å²) in [7, 11) is 0. The van der Waals surface area contributed by atoms with Gasteiger partial charge in [-0.25, -0.2) is 0 Å². The smallest absolute Gasteiger partial charge is 0.0970 e. The molecule has 1 heteroatoms. The maximum Gasteiger partial charge on any atom is 0.0970 e. The minimum atomic E-state index is 1.14. The fourth-order valence-corrected chi connectivity index (χ4v) is 3.80. The second-order valence-electron chi connectivity index (χ2n) is 7.77. The maximum atomic E-state index is 3.94. The molecule has 0 bridgehead atoms. The first-order chi connectivity index (χ1) is 11.7. The van der Waals surface area contributed by atoms with Crippen LogP contribution in [0.2, 0.25) is 0 Å². The standard InChI is InChI=1S/C23H48N/c1-5-9-10-11-12-13-14-15-16-17-18-19-20-21-23-24(7-3,8-4)22-6-2/h6H,2,5,7-23H2,1,3-4H3/q+1. The van der Waals surface area contributed by atoms with Crippen molar-refractivity contribution >= 4 is 0 Å². The summed E-state index contributed by atoms with van der Waals surface area (Å²) in [6.07, 6.45) is 22.4. The molecule has 0 saturated heterocycles. The van der Waals surface area contributed by atoms with Gasteiger partial charge in [0.25, 0.3) is 0 Å². The number of unbranched alkanes of at least 4 members (excludes halogenated alkanes) is 13. The van der Waals surface area contributed by atoms with Crippen LogP contribution in [-0.2, 0) is 0 Å². The fraction of sp³-hybridized carbons (Fsp3) is 0.913. The zero-order valence-corrected chi connectivity index (χ0v) is 17.5. The number of hydrogen-bond acceptors (Lipinski definition) is 0. The topological polar surface area (TPSA) is 0 Å². The van der Waals surface area contributed by atoms with E-state index in [0.717, 1.165) is 6.54 Å². The van der Waals surface area contributed by atoms with Gasteiger partial charge in [0.15, 0.2) is 0 Å². The molecule has 0 N–H and O–H groups in total. The monoisotopic (exact) mass is 338 g/mol. The van der Waals surface area contributed by atoms with Crippen LogP contribution in [0.3, 0.4) is 0 Å². The van der Waals surface area contributed by atoms with Crippen molar-refractivity contribution in [2.75, 3.05) is 26.2 Å². The Morgan fingerprint density at radius 1 is 0.583 bits per heavy atom. The molecular weight excluding hydrogens is 290 g/mol. The van der Waals surface area contributed by atoms with Crippen molar-refractivity contribution in [2.24, 2.45) is 0 Å². The van der Waals surface area contributed by atoms with Gasteiger partial charge in [0.1, 0.15) is 0 Å². The highest BCUT2D eigenvalue weighted by Crippen LogP contribution is 2.14. The Labute approximate surface area is 154 Å². The molecule has 0 rings (SSSR count). The van der Waals surface area contributed by atoms with Gasteiger partial charge in [-0.05, 0) is 32.8 Å². The number of hydrogen-bond donors (Lipinski definition) is 0. The third-order valence-electron chi connectivity index (χ3n) is 5.84. The Morgan fingerprint density at radius 3 is 1.29 bits per heavy atom. The average molecular weight is 339 g/mol. The van der Waals surface area contributed by atoms with Gasteiger partial charge in [-0.15, -0.1) is 0 Å². The van der Waals surface area contributed by atoms with Crippen molar-refractivity contribution in [3.8, 4) is 0 Å². The Hall–Kier alpha value is -0.300. The average Bonchev–Trinajstić information content (AvgIpc) is 2.61. The summed E-state index contributed by atoms with van der Waals surface area (Å²) >= 11 is 0. The normalized spacial score (nSPS) is 11.8. The van der Waals surface area contributed by atoms with E-state index in [4.69, 9.17) is 0 Å². The minimum Gasteiger partial charge on any atom is -0.321 e. The van der Waals surface area contributed by atoms with Crippen molar-refractivity contribution in [3.05, 3.63) is 12.7 Å². The van der Waals surface area contributed by atoms with Gasteiger partial charge in [-0.1, -0.05) is 90.6 Å². The van der Waals surface area contributed by atoms with Gasteiger partial charge >= 0.3 is 0 Å². The van der Waals surface area contributed by atoms with E-state index in [-0.39, 0.29) is 0 Å². The Morgan fingerprint density at radius 2 is 0.958 bits per heavy atom. The summed E-state index contributed by atoms with van der Waals surface area (Å²) in [6, 6.07) is 0. The van der Waals surface area contributed by atoms with E-state index in [2.05, 4.69) is 33.4 Å². The molecule has 0 aliphatic heterocycles. The van der Waals surface area contributed by atoms with Crippen LogP contribution in [0.4, 0.5) is 0 Å². The minimum absolute atomic E-state index is 1.14. The molecule has 144 valence electrons. The molecule has 0 aliphatic carbocycles. The van der Waals surface area contributed by atoms with E-state index in [9.17, 15) is 0 Å². The van der Waals surface area contributed by atoms with Crippen molar-refractivity contribution in [2.45, 2.75) is 111 Å². The van der Waals surface area contributed by atoms with Crippen molar-refractivity contribution in [3.63, 3.8) is 0 Å². The van der Waals surface area contributed by atoms with Crippen LogP contribution in [0, 0.1) is 0 Å². The number of rotatable bonds is 19. The van der Waals surface area contributed by atoms with Gasteiger partial charge in [-0.3, -0.25) is 0 Å². The second-order valence-corrected chi connectivity index (χ2v) is 7.77. The van der Waals surface area contributed by atoms with Crippen LogP contribution in [0.1, 0.15) is 111 Å². The highest BCUT2D eigenvalue weighted by atomic mass is 15.3. The lowest BCUT2D eigenvalue weighted by Gasteiger charge is -2.36. The molecule has 0 fully saturated rings. The molecule has 0 unspecified atom stereocenters. The molecule has 0 aromatic heterocycles. The van der Waals surface area contributed by atoms with Crippen LogP contribution < -0.4 is 0 Å². The zero-order chi connectivity index (χ0) is 17.9. The molecule has 0 radical (unpaired) electrons. The summed E-state index contributed by atoms with van der Waals surface area (Å²) in [6.45, 7) is 15.9. The summed E-state index contributed by atoms with van der Waals surface area (Å²) in [5.74, 6) is 0. The summed E-state index contributed by atoms with van der Waals surface area (Å²) in [5, 5.41) is 0. The Balaban J connectivity index is 3.34. The molecular formula is C23H48N+. The van der Waals surface area contributed by atoms with Gasteiger partial charge in [0, 0.05) is 0 Å². The first-order valence-electron chi connectivity index (χ1n) is 11.2. The van der Waals surface area contributed by atoms with Gasteiger partial charge in [0.2, 0.25) is 0 Å². The number of likely N-dealkylation sites (N-methyl/N-ethyl adjacent to an activating group) is 1. The molecule has 0 amide bonds. The largest absolute Gasteiger partial charge is 0.321 e. The first-order valence-corrected chi connectivity index (χ1v) is 11.2.